The molecule has 20 heavy (non-hydrogen) atoms. The van der Waals surface area contributed by atoms with Gasteiger partial charge in [0.05, 0.1) is 5.56 Å². The van der Waals surface area contributed by atoms with Crippen LogP contribution < -0.4 is 5.73 Å². The summed E-state index contributed by atoms with van der Waals surface area (Å²) in [6, 6.07) is 2.03. The minimum atomic E-state index is 0.0679. The molecule has 3 rings (SSSR count). The summed E-state index contributed by atoms with van der Waals surface area (Å²) in [4.78, 5) is 9.15. The largest absolute Gasteiger partial charge is 0.384 e. The van der Waals surface area contributed by atoms with Gasteiger partial charge in [-0.15, -0.1) is 0 Å². The smallest absolute Gasteiger partial charge is 0.149 e. The summed E-state index contributed by atoms with van der Waals surface area (Å²) in [5, 5.41) is 7.82. The number of hydrogen-bond donors (Lipinski definition) is 2. The predicted octanol–water partition coefficient (Wildman–Crippen LogP) is 1.99. The van der Waals surface area contributed by atoms with Crippen LogP contribution in [0.25, 0.3) is 5.82 Å². The second kappa shape index (κ2) is 5.07. The zero-order chi connectivity index (χ0) is 14.1. The normalized spacial score (nSPS) is 13.4. The van der Waals surface area contributed by atoms with Crippen molar-refractivity contribution >= 4 is 5.84 Å². The standard InChI is InChI=1S/C15H19N5/c1-2-4-13-18-7-8-20(13)15-11(14(16)17)9-10-5-3-6-12(10)19-15/h7-9H,2-6H2,1H3,(H3,16,17). The molecule has 3 N–H and O–H groups in total. The molecule has 0 fully saturated rings. The first-order valence-corrected chi connectivity index (χ1v) is 7.10. The summed E-state index contributed by atoms with van der Waals surface area (Å²) in [7, 11) is 0. The lowest BCUT2D eigenvalue weighted by atomic mass is 10.1. The van der Waals surface area contributed by atoms with Crippen LogP contribution in [-0.2, 0) is 19.3 Å². The number of fused-ring (bicyclic) bond motifs is 1. The van der Waals surface area contributed by atoms with Gasteiger partial charge in [-0.2, -0.15) is 0 Å². The zero-order valence-corrected chi connectivity index (χ0v) is 11.7. The van der Waals surface area contributed by atoms with Crippen molar-refractivity contribution in [2.45, 2.75) is 39.0 Å². The van der Waals surface area contributed by atoms with Gasteiger partial charge in [0.15, 0.2) is 0 Å². The van der Waals surface area contributed by atoms with Gasteiger partial charge < -0.3 is 5.73 Å². The van der Waals surface area contributed by atoms with Crippen molar-refractivity contribution in [3.8, 4) is 5.82 Å². The molecule has 2 aromatic heterocycles. The molecule has 104 valence electrons. The third kappa shape index (κ3) is 2.09. The number of nitrogens with zero attached hydrogens (tertiary/aromatic N) is 3. The number of rotatable bonds is 4. The van der Waals surface area contributed by atoms with Crippen LogP contribution in [0.2, 0.25) is 0 Å². The van der Waals surface area contributed by atoms with Crippen LogP contribution in [0, 0.1) is 5.41 Å². The third-order valence-electron chi connectivity index (χ3n) is 3.74. The molecule has 1 aliphatic rings. The molecule has 0 atom stereocenters. The highest BCUT2D eigenvalue weighted by molar-refractivity contribution is 5.98. The van der Waals surface area contributed by atoms with Gasteiger partial charge >= 0.3 is 0 Å². The van der Waals surface area contributed by atoms with E-state index in [1.807, 2.05) is 16.8 Å². The van der Waals surface area contributed by atoms with Gasteiger partial charge in [-0.1, -0.05) is 6.92 Å². The molecule has 2 aromatic rings. The van der Waals surface area contributed by atoms with E-state index in [0.29, 0.717) is 5.56 Å². The van der Waals surface area contributed by atoms with E-state index in [2.05, 4.69) is 11.9 Å². The number of nitrogen functional groups attached to an aromatic ring is 1. The topological polar surface area (TPSA) is 80.6 Å². The van der Waals surface area contributed by atoms with Crippen molar-refractivity contribution in [2.75, 3.05) is 0 Å². The number of imidazole rings is 1. The molecule has 0 radical (unpaired) electrons. The number of hydrogen-bond acceptors (Lipinski definition) is 3. The maximum Gasteiger partial charge on any atom is 0.149 e. The Morgan fingerprint density at radius 1 is 1.45 bits per heavy atom. The number of amidine groups is 1. The highest BCUT2D eigenvalue weighted by atomic mass is 15.1. The lowest BCUT2D eigenvalue weighted by Gasteiger charge is -2.13. The van der Waals surface area contributed by atoms with Gasteiger partial charge in [0.1, 0.15) is 17.5 Å². The lowest BCUT2D eigenvalue weighted by molar-refractivity contribution is 0.792. The SMILES string of the molecule is CCCc1nccn1-c1nc2c(cc1C(=N)N)CCC2. The number of aromatic nitrogens is 3. The van der Waals surface area contributed by atoms with Crippen molar-refractivity contribution in [3.05, 3.63) is 41.1 Å². The Morgan fingerprint density at radius 2 is 2.30 bits per heavy atom. The molecule has 0 spiro atoms. The lowest BCUT2D eigenvalue weighted by Crippen LogP contribution is -2.18. The summed E-state index contributed by atoms with van der Waals surface area (Å²) in [6.07, 6.45) is 8.78. The molecular formula is C15H19N5. The van der Waals surface area contributed by atoms with Crippen molar-refractivity contribution in [1.82, 2.24) is 14.5 Å². The first kappa shape index (κ1) is 12.8. The van der Waals surface area contributed by atoms with Gasteiger partial charge in [-0.25, -0.2) is 9.97 Å². The average Bonchev–Trinajstić information content (AvgIpc) is 3.05. The van der Waals surface area contributed by atoms with E-state index < -0.39 is 0 Å². The number of nitrogens with two attached hydrogens (primary N) is 1. The van der Waals surface area contributed by atoms with Crippen LogP contribution >= 0.6 is 0 Å². The fourth-order valence-corrected chi connectivity index (χ4v) is 2.78. The second-order valence-electron chi connectivity index (χ2n) is 5.20. The monoisotopic (exact) mass is 269 g/mol. The summed E-state index contributed by atoms with van der Waals surface area (Å²) >= 11 is 0. The summed E-state index contributed by atoms with van der Waals surface area (Å²) in [6.45, 7) is 2.13. The first-order valence-electron chi connectivity index (χ1n) is 7.10. The van der Waals surface area contributed by atoms with Gasteiger partial charge in [0.2, 0.25) is 0 Å². The molecule has 5 heteroatoms. The molecule has 0 bridgehead atoms. The summed E-state index contributed by atoms with van der Waals surface area (Å²) < 4.78 is 1.97. The quantitative estimate of drug-likeness (QED) is 0.658. The maximum absolute atomic E-state index is 7.82. The van der Waals surface area contributed by atoms with Gasteiger partial charge in [-0.3, -0.25) is 9.98 Å². The highest BCUT2D eigenvalue weighted by Crippen LogP contribution is 2.25. The zero-order valence-electron chi connectivity index (χ0n) is 11.7. The molecule has 0 saturated carbocycles. The number of nitrogens with one attached hydrogen (secondary N) is 1. The van der Waals surface area contributed by atoms with E-state index in [-0.39, 0.29) is 5.84 Å². The van der Waals surface area contributed by atoms with Crippen LogP contribution in [0.15, 0.2) is 18.5 Å². The van der Waals surface area contributed by atoms with E-state index in [4.69, 9.17) is 16.1 Å². The first-order chi connectivity index (χ1) is 9.70. The molecule has 0 amide bonds. The van der Waals surface area contributed by atoms with E-state index in [1.54, 1.807) is 6.20 Å². The second-order valence-corrected chi connectivity index (χ2v) is 5.20. The number of pyridine rings is 1. The molecule has 0 unspecified atom stereocenters. The van der Waals surface area contributed by atoms with Crippen molar-refractivity contribution < 1.29 is 0 Å². The Bertz CT molecular complexity index is 656. The van der Waals surface area contributed by atoms with Crippen LogP contribution in [-0.4, -0.2) is 20.4 Å². The minimum absolute atomic E-state index is 0.0679. The maximum atomic E-state index is 7.82. The molecular weight excluding hydrogens is 250 g/mol. The predicted molar refractivity (Wildman–Crippen MR) is 78.4 cm³/mol. The molecule has 0 saturated heterocycles. The Labute approximate surface area is 118 Å². The van der Waals surface area contributed by atoms with E-state index in [9.17, 15) is 0 Å². The number of aryl methyl sites for hydroxylation is 3. The molecule has 0 aromatic carbocycles. The fraction of sp³-hybridized carbons (Fsp3) is 0.400. The van der Waals surface area contributed by atoms with Crippen molar-refractivity contribution in [2.24, 2.45) is 5.73 Å². The fourth-order valence-electron chi connectivity index (χ4n) is 2.78. The van der Waals surface area contributed by atoms with E-state index in [0.717, 1.165) is 49.4 Å². The average molecular weight is 269 g/mol. The van der Waals surface area contributed by atoms with Crippen molar-refractivity contribution in [1.29, 1.82) is 5.41 Å². The van der Waals surface area contributed by atoms with Gasteiger partial charge in [0.25, 0.3) is 0 Å². The Hall–Kier alpha value is -2.17. The summed E-state index contributed by atoms with van der Waals surface area (Å²) in [5.74, 6) is 1.79. The van der Waals surface area contributed by atoms with Crippen LogP contribution in [0.4, 0.5) is 0 Å². The Balaban J connectivity index is 2.16. The third-order valence-corrected chi connectivity index (χ3v) is 3.74. The summed E-state index contributed by atoms with van der Waals surface area (Å²) in [5.41, 5.74) is 8.83. The van der Waals surface area contributed by atoms with Gasteiger partial charge in [0, 0.05) is 24.5 Å². The Kier molecular flexibility index (Phi) is 3.26. The highest BCUT2D eigenvalue weighted by Gasteiger charge is 2.19. The van der Waals surface area contributed by atoms with Crippen LogP contribution in [0.5, 0.6) is 0 Å². The Morgan fingerprint density at radius 3 is 3.05 bits per heavy atom. The van der Waals surface area contributed by atoms with Crippen molar-refractivity contribution in [3.63, 3.8) is 0 Å². The molecule has 2 heterocycles. The van der Waals surface area contributed by atoms with E-state index >= 15 is 0 Å². The molecule has 5 nitrogen and oxygen atoms in total. The van der Waals surface area contributed by atoms with Crippen LogP contribution in [0.3, 0.4) is 0 Å². The van der Waals surface area contributed by atoms with Gasteiger partial charge in [-0.05, 0) is 37.3 Å². The van der Waals surface area contributed by atoms with E-state index in [1.165, 1.54) is 5.56 Å². The molecule has 0 aliphatic heterocycles. The minimum Gasteiger partial charge on any atom is -0.384 e. The van der Waals surface area contributed by atoms with Crippen LogP contribution in [0.1, 0.15) is 42.4 Å². The molecule has 1 aliphatic carbocycles.